The van der Waals surface area contributed by atoms with Gasteiger partial charge in [-0.3, -0.25) is 0 Å². The van der Waals surface area contributed by atoms with Gasteiger partial charge in [-0.15, -0.1) is 0 Å². The number of rotatable bonds is 30. The number of urea groups is 2. The van der Waals surface area contributed by atoms with Crippen LogP contribution in [0.15, 0.2) is 84.9 Å². The number of halogens is 2. The summed E-state index contributed by atoms with van der Waals surface area (Å²) in [6.45, 7) is 31.7. The van der Waals surface area contributed by atoms with E-state index in [1.165, 1.54) is 11.1 Å². The average molecular weight is 1180 g/mol. The lowest BCUT2D eigenvalue weighted by Crippen LogP contribution is -2.75. The van der Waals surface area contributed by atoms with Crippen molar-refractivity contribution in [2.75, 3.05) is 36.9 Å². The van der Waals surface area contributed by atoms with Gasteiger partial charge in [0.1, 0.15) is 35.8 Å². The minimum Gasteiger partial charge on any atom is -0.489 e. The van der Waals surface area contributed by atoms with Crippen molar-refractivity contribution in [2.45, 2.75) is 196 Å². The van der Waals surface area contributed by atoms with E-state index in [-0.39, 0.29) is 58.0 Å². The van der Waals surface area contributed by atoms with Crippen molar-refractivity contribution in [3.8, 4) is 23.6 Å². The van der Waals surface area contributed by atoms with Gasteiger partial charge in [0.25, 0.3) is 0 Å². The number of carbonyl (C=O) groups excluding carboxylic acids is 2. The molecule has 0 spiro atoms. The van der Waals surface area contributed by atoms with Gasteiger partial charge in [-0.2, -0.15) is 21.5 Å². The van der Waals surface area contributed by atoms with E-state index >= 15 is 0 Å². The molecule has 0 bridgehead atoms. The molecule has 6 rings (SSSR count). The molecule has 0 aliphatic heterocycles. The first-order valence-electron chi connectivity index (χ1n) is 29.5. The summed E-state index contributed by atoms with van der Waals surface area (Å²) in [5.74, 6) is 1.95. The first-order chi connectivity index (χ1) is 39.0. The van der Waals surface area contributed by atoms with Crippen molar-refractivity contribution in [1.82, 2.24) is 21.6 Å². The van der Waals surface area contributed by atoms with E-state index in [0.29, 0.717) is 70.8 Å². The lowest BCUT2D eigenvalue weighted by atomic mass is 9.49. The lowest BCUT2D eigenvalue weighted by Gasteiger charge is -2.63. The summed E-state index contributed by atoms with van der Waals surface area (Å²) < 4.78 is 19.2. The molecule has 4 aromatic carbocycles. The highest BCUT2D eigenvalue weighted by Gasteiger charge is 2.65. The molecule has 2 fully saturated rings. The van der Waals surface area contributed by atoms with Gasteiger partial charge in [0.05, 0.1) is 45.6 Å². The standard InChI is InChI=1S/C66H92Cl2N8O7/c1-43(45-23-29-49(30-24-45)73-59(77)75-55-63(7,8)57(64(55,9)10)81-51-33-27-47(39-69)53(67)37-51)21-17-15-19-35-79-71-41-61(3,4)83-62(5,6)42-72-80-36-20-16-18-22-44(2)46-25-31-50(32-26-46)74-60(78)76-56-65(11,12)58(66(56,13)14)82-52-34-28-48(40-70)54(68)38-52/h23-34,37-38,43-44,55-58,71-72H,15-22,35-36,41-42H2,1-14H3,(H2,73,75,77)(H2,74,76,78)/t43-,44-,55?,56?,57?,58?/m1/s1. The van der Waals surface area contributed by atoms with Gasteiger partial charge >= 0.3 is 12.1 Å². The molecule has 15 nitrogen and oxygen atoms in total. The number of nitriles is 2. The zero-order chi connectivity index (χ0) is 61.0. The molecular formula is C66H92Cl2N8O7. The fourth-order valence-electron chi connectivity index (χ4n) is 12.9. The number of anilines is 2. The first-order valence-corrected chi connectivity index (χ1v) is 30.2. The van der Waals surface area contributed by atoms with Gasteiger partial charge in [-0.1, -0.05) is 142 Å². The monoisotopic (exact) mass is 1180 g/mol. The number of unbranched alkanes of at least 4 members (excludes halogenated alkanes) is 4. The number of nitrogens with one attached hydrogen (secondary N) is 6. The molecule has 0 heterocycles. The maximum absolute atomic E-state index is 13.2. The largest absolute Gasteiger partial charge is 0.489 e. The minimum atomic E-state index is -0.469. The van der Waals surface area contributed by atoms with Crippen molar-refractivity contribution >= 4 is 46.6 Å². The zero-order valence-electron chi connectivity index (χ0n) is 51.5. The van der Waals surface area contributed by atoms with E-state index in [1.807, 2.05) is 24.3 Å². The average Bonchev–Trinajstić information content (AvgIpc) is 1.23. The second-order valence-corrected chi connectivity index (χ2v) is 27.4. The van der Waals surface area contributed by atoms with Crippen LogP contribution in [0.4, 0.5) is 21.0 Å². The Morgan fingerprint density at radius 1 is 0.542 bits per heavy atom. The smallest absolute Gasteiger partial charge is 0.319 e. The Kier molecular flexibility index (Phi) is 22.8. The number of hydrogen-bond acceptors (Lipinski definition) is 11. The second kappa shape index (κ2) is 28.5. The number of benzene rings is 4. The van der Waals surface area contributed by atoms with Crippen molar-refractivity contribution < 1.29 is 33.5 Å². The van der Waals surface area contributed by atoms with E-state index in [2.05, 4.69) is 166 Å². The molecule has 0 unspecified atom stereocenters. The Morgan fingerprint density at radius 3 is 1.22 bits per heavy atom. The highest BCUT2D eigenvalue weighted by Crippen LogP contribution is 2.57. The number of ether oxygens (including phenoxy) is 3. The Labute approximate surface area is 504 Å². The molecular weight excluding hydrogens is 1090 g/mol. The van der Waals surface area contributed by atoms with E-state index < -0.39 is 11.2 Å². The molecule has 2 atom stereocenters. The highest BCUT2D eigenvalue weighted by molar-refractivity contribution is 6.32. The van der Waals surface area contributed by atoms with Crippen LogP contribution in [0.3, 0.4) is 0 Å². The fourth-order valence-corrected chi connectivity index (χ4v) is 13.4. The van der Waals surface area contributed by atoms with Crippen molar-refractivity contribution in [3.05, 3.63) is 117 Å². The maximum atomic E-state index is 13.2. The van der Waals surface area contributed by atoms with E-state index in [0.717, 1.165) is 62.7 Å². The lowest BCUT2D eigenvalue weighted by molar-refractivity contribution is -0.163. The fraction of sp³-hybridized carbons (Fsp3) is 0.576. The summed E-state index contributed by atoms with van der Waals surface area (Å²) in [5.41, 5.74) is 8.61. The number of hydrogen-bond donors (Lipinski definition) is 6. The topological polar surface area (TPSA) is 200 Å². The molecule has 2 aliphatic rings. The summed E-state index contributed by atoms with van der Waals surface area (Å²) in [5, 5.41) is 31.6. The van der Waals surface area contributed by atoms with Crippen LogP contribution in [0.2, 0.25) is 10.0 Å². The molecule has 4 amide bonds. The van der Waals surface area contributed by atoms with Crippen LogP contribution in [-0.4, -0.2) is 73.9 Å². The van der Waals surface area contributed by atoms with E-state index in [9.17, 15) is 20.1 Å². The summed E-state index contributed by atoms with van der Waals surface area (Å²) in [6, 6.07) is 29.7. The van der Waals surface area contributed by atoms with Crippen molar-refractivity contribution in [2.24, 2.45) is 21.7 Å². The van der Waals surface area contributed by atoms with Crippen molar-refractivity contribution in [3.63, 3.8) is 0 Å². The minimum absolute atomic E-state index is 0.143. The van der Waals surface area contributed by atoms with Crippen LogP contribution in [-0.2, 0) is 14.4 Å². The molecule has 2 saturated carbocycles. The summed E-state index contributed by atoms with van der Waals surface area (Å²) in [6.07, 6.45) is 7.91. The van der Waals surface area contributed by atoms with Gasteiger partial charge in [0.2, 0.25) is 0 Å². The molecule has 6 N–H and O–H groups in total. The Hall–Kier alpha value is -5.62. The third kappa shape index (κ3) is 17.7. The quantitative estimate of drug-likeness (QED) is 0.0214. The number of nitrogens with zero attached hydrogens (tertiary/aromatic N) is 2. The first kappa shape index (κ1) is 66.5. The Bertz CT molecular complexity index is 2650. The SMILES string of the molecule is C[C@H](CCCCCONCC(C)(C)OC(C)(C)CNOCCCCC[C@@H](C)c1ccc(NC(=O)NC2C(C)(C)C(Oc3ccc(C#N)c(Cl)c3)C2(C)C)cc1)c1ccc(NC(=O)NC2C(C)(C)C(Oc3ccc(C#N)c(Cl)c3)C2(C)C)cc1. The molecule has 2 aliphatic carbocycles. The molecule has 0 aromatic heterocycles. The number of amides is 4. The third-order valence-corrected chi connectivity index (χ3v) is 17.5. The maximum Gasteiger partial charge on any atom is 0.319 e. The molecule has 17 heteroatoms. The summed E-state index contributed by atoms with van der Waals surface area (Å²) in [7, 11) is 0. The third-order valence-electron chi connectivity index (χ3n) is 16.9. The van der Waals surface area contributed by atoms with E-state index in [4.69, 9.17) is 47.1 Å². The second-order valence-electron chi connectivity index (χ2n) is 26.6. The van der Waals surface area contributed by atoms with Crippen LogP contribution >= 0.6 is 23.2 Å². The van der Waals surface area contributed by atoms with Gasteiger partial charge < -0.3 is 45.2 Å². The van der Waals surface area contributed by atoms with Crippen LogP contribution in [0.5, 0.6) is 11.5 Å². The van der Waals surface area contributed by atoms with E-state index in [1.54, 1.807) is 36.4 Å². The van der Waals surface area contributed by atoms with Gasteiger partial charge in [0, 0.05) is 70.3 Å². The van der Waals surface area contributed by atoms with Crippen molar-refractivity contribution in [1.29, 1.82) is 10.5 Å². The van der Waals surface area contributed by atoms with Gasteiger partial charge in [-0.25, -0.2) is 9.59 Å². The Balaban J connectivity index is 0.762. The summed E-state index contributed by atoms with van der Waals surface area (Å²) in [4.78, 5) is 38.0. The number of carbonyl (C=O) groups is 2. The van der Waals surface area contributed by atoms with Crippen LogP contribution < -0.4 is 41.7 Å². The summed E-state index contributed by atoms with van der Waals surface area (Å²) >= 11 is 12.5. The van der Waals surface area contributed by atoms with Gasteiger partial charge in [-0.05, 0) is 125 Å². The zero-order valence-corrected chi connectivity index (χ0v) is 53.1. The normalized spacial score (nSPS) is 20.0. The van der Waals surface area contributed by atoms with Crippen LogP contribution in [0.25, 0.3) is 0 Å². The molecule has 0 saturated heterocycles. The molecule has 452 valence electrons. The van der Waals surface area contributed by atoms with Gasteiger partial charge in [0.15, 0.2) is 0 Å². The highest BCUT2D eigenvalue weighted by atomic mass is 35.5. The van der Waals surface area contributed by atoms with Crippen LogP contribution in [0.1, 0.15) is 182 Å². The Morgan fingerprint density at radius 2 is 0.892 bits per heavy atom. The molecule has 4 aromatic rings. The number of hydroxylamine groups is 2. The predicted molar refractivity (Wildman–Crippen MR) is 332 cm³/mol. The molecule has 0 radical (unpaired) electrons. The van der Waals surface area contributed by atoms with Crippen LogP contribution in [0, 0.1) is 44.3 Å². The predicted octanol–water partition coefficient (Wildman–Crippen LogP) is 15.4. The molecule has 83 heavy (non-hydrogen) atoms.